The van der Waals surface area contributed by atoms with E-state index in [2.05, 4.69) is 22.1 Å². The smallest absolute Gasteiger partial charge is 0.0807 e. The Kier molecular flexibility index (Phi) is 3.89. The van der Waals surface area contributed by atoms with Gasteiger partial charge in [0.1, 0.15) is 0 Å². The van der Waals surface area contributed by atoms with Crippen LogP contribution in [0, 0.1) is 0 Å². The lowest BCUT2D eigenvalue weighted by atomic mass is 10.1. The van der Waals surface area contributed by atoms with Gasteiger partial charge in [0.15, 0.2) is 0 Å². The van der Waals surface area contributed by atoms with E-state index in [1.54, 1.807) is 14.2 Å². The minimum Gasteiger partial charge on any atom is -0.377 e. The average molecular weight is 248 g/mol. The number of aromatic nitrogens is 2. The first-order valence-corrected chi connectivity index (χ1v) is 6.08. The number of ether oxygens (including phenoxy) is 2. The number of rotatable bonds is 5. The highest BCUT2D eigenvalue weighted by Crippen LogP contribution is 2.26. The highest BCUT2D eigenvalue weighted by Gasteiger charge is 2.11. The van der Waals surface area contributed by atoms with Crippen molar-refractivity contribution in [1.82, 2.24) is 9.97 Å². The predicted molar refractivity (Wildman–Crippen MR) is 71.4 cm³/mol. The molecule has 0 bridgehead atoms. The van der Waals surface area contributed by atoms with Gasteiger partial charge in [0.05, 0.1) is 23.6 Å². The van der Waals surface area contributed by atoms with Crippen molar-refractivity contribution in [2.75, 3.05) is 14.2 Å². The Bertz CT molecular complexity index is 455. The highest BCUT2D eigenvalue weighted by atomic mass is 16.5. The molecule has 0 spiro atoms. The topological polar surface area (TPSA) is 50.0 Å². The molecule has 2 unspecified atom stereocenters. The quantitative estimate of drug-likeness (QED) is 0.851. The normalized spacial score (nSPS) is 14.7. The summed E-state index contributed by atoms with van der Waals surface area (Å²) in [6.45, 7) is 4.06. The maximum Gasteiger partial charge on any atom is 0.0807 e. The van der Waals surface area contributed by atoms with Gasteiger partial charge in [-0.15, -0.1) is 0 Å². The molecule has 18 heavy (non-hydrogen) atoms. The second kappa shape index (κ2) is 5.42. The zero-order chi connectivity index (χ0) is 13.1. The Balaban J connectivity index is 2.21. The van der Waals surface area contributed by atoms with Crippen LogP contribution in [-0.4, -0.2) is 24.2 Å². The van der Waals surface area contributed by atoms with E-state index < -0.39 is 0 Å². The Hall–Kier alpha value is -1.52. The molecule has 2 N–H and O–H groups in total. The minimum atomic E-state index is 0.0994. The van der Waals surface area contributed by atoms with E-state index in [4.69, 9.17) is 9.47 Å². The maximum atomic E-state index is 5.30. The van der Waals surface area contributed by atoms with Gasteiger partial charge in [-0.3, -0.25) is 0 Å². The van der Waals surface area contributed by atoms with Crippen LogP contribution < -0.4 is 0 Å². The van der Waals surface area contributed by atoms with Gasteiger partial charge >= 0.3 is 0 Å². The van der Waals surface area contributed by atoms with E-state index >= 15 is 0 Å². The summed E-state index contributed by atoms with van der Waals surface area (Å²) in [6, 6.07) is 4.20. The Labute approximate surface area is 107 Å². The van der Waals surface area contributed by atoms with Gasteiger partial charge < -0.3 is 19.4 Å². The first-order valence-electron chi connectivity index (χ1n) is 6.08. The molecule has 2 heterocycles. The lowest BCUT2D eigenvalue weighted by molar-refractivity contribution is 0.119. The van der Waals surface area contributed by atoms with E-state index in [0.717, 1.165) is 22.5 Å². The fourth-order valence-electron chi connectivity index (χ4n) is 1.87. The van der Waals surface area contributed by atoms with Crippen molar-refractivity contribution in [3.63, 3.8) is 0 Å². The van der Waals surface area contributed by atoms with Gasteiger partial charge in [-0.05, 0) is 37.1 Å². The minimum absolute atomic E-state index is 0.0994. The summed E-state index contributed by atoms with van der Waals surface area (Å²) in [4.78, 5) is 6.51. The van der Waals surface area contributed by atoms with Crippen molar-refractivity contribution in [2.24, 2.45) is 0 Å². The molecule has 2 aromatic rings. The van der Waals surface area contributed by atoms with Gasteiger partial charge in [-0.1, -0.05) is 0 Å². The van der Waals surface area contributed by atoms with Gasteiger partial charge in [-0.25, -0.2) is 0 Å². The molecule has 0 amide bonds. The van der Waals surface area contributed by atoms with E-state index in [-0.39, 0.29) is 12.2 Å². The second-order valence-corrected chi connectivity index (χ2v) is 4.45. The van der Waals surface area contributed by atoms with Crippen LogP contribution in [0.2, 0.25) is 0 Å². The molecular formula is C14H20N2O2. The van der Waals surface area contributed by atoms with Crippen LogP contribution in [0.15, 0.2) is 24.5 Å². The largest absolute Gasteiger partial charge is 0.377 e. The van der Waals surface area contributed by atoms with Crippen molar-refractivity contribution >= 4 is 0 Å². The zero-order valence-corrected chi connectivity index (χ0v) is 11.3. The summed E-state index contributed by atoms with van der Waals surface area (Å²) in [7, 11) is 3.43. The molecule has 2 rings (SSSR count). The SMILES string of the molecule is COC(C)c1c[nH]c(-c2cc(C(C)OC)c[nH]2)c1. The first kappa shape index (κ1) is 12.9. The van der Waals surface area contributed by atoms with Crippen molar-refractivity contribution in [1.29, 1.82) is 0 Å². The Morgan fingerprint density at radius 3 is 1.56 bits per heavy atom. The third-order valence-corrected chi connectivity index (χ3v) is 3.35. The van der Waals surface area contributed by atoms with E-state index in [9.17, 15) is 0 Å². The van der Waals surface area contributed by atoms with Crippen molar-refractivity contribution in [2.45, 2.75) is 26.1 Å². The molecule has 0 saturated heterocycles. The van der Waals surface area contributed by atoms with Crippen LogP contribution in [0.5, 0.6) is 0 Å². The molecule has 0 fully saturated rings. The molecule has 0 aliphatic rings. The third kappa shape index (κ3) is 2.49. The van der Waals surface area contributed by atoms with Gasteiger partial charge in [0.25, 0.3) is 0 Å². The van der Waals surface area contributed by atoms with Crippen molar-refractivity contribution in [3.05, 3.63) is 35.7 Å². The number of H-pyrrole nitrogens is 2. The van der Waals surface area contributed by atoms with Crippen molar-refractivity contribution in [3.8, 4) is 11.4 Å². The molecule has 0 radical (unpaired) electrons. The van der Waals surface area contributed by atoms with Crippen LogP contribution in [0.1, 0.15) is 37.2 Å². The third-order valence-electron chi connectivity index (χ3n) is 3.35. The van der Waals surface area contributed by atoms with Gasteiger partial charge in [0.2, 0.25) is 0 Å². The first-order chi connectivity index (χ1) is 8.65. The zero-order valence-electron chi connectivity index (χ0n) is 11.3. The fourth-order valence-corrected chi connectivity index (χ4v) is 1.87. The molecule has 4 nitrogen and oxygen atoms in total. The van der Waals surface area contributed by atoms with Crippen LogP contribution in [-0.2, 0) is 9.47 Å². The number of nitrogens with one attached hydrogen (secondary N) is 2. The van der Waals surface area contributed by atoms with E-state index in [1.807, 2.05) is 26.2 Å². The standard InChI is InChI=1S/C14H20N2O2/c1-9(17-3)11-5-13(15-7-11)14-6-12(8-16-14)10(2)18-4/h5-10,15-16H,1-4H3. The summed E-state index contributed by atoms with van der Waals surface area (Å²) in [6.07, 6.45) is 4.15. The maximum absolute atomic E-state index is 5.30. The van der Waals surface area contributed by atoms with Crippen LogP contribution in [0.4, 0.5) is 0 Å². The molecule has 2 atom stereocenters. The van der Waals surface area contributed by atoms with Gasteiger partial charge in [-0.2, -0.15) is 0 Å². The molecule has 0 saturated carbocycles. The summed E-state index contributed by atoms with van der Waals surface area (Å²) in [5, 5.41) is 0. The molecule has 0 aliphatic carbocycles. The van der Waals surface area contributed by atoms with Gasteiger partial charge in [0, 0.05) is 26.6 Å². The molecule has 2 aromatic heterocycles. The summed E-state index contributed by atoms with van der Waals surface area (Å²) >= 11 is 0. The fraction of sp³-hybridized carbons (Fsp3) is 0.429. The molecule has 0 aromatic carbocycles. The number of aromatic amines is 2. The Morgan fingerprint density at radius 1 is 0.833 bits per heavy atom. The molecule has 0 aliphatic heterocycles. The molecule has 4 heteroatoms. The summed E-state index contributed by atoms with van der Waals surface area (Å²) < 4.78 is 10.6. The average Bonchev–Trinajstić information content (AvgIpc) is 3.04. The molecule has 98 valence electrons. The summed E-state index contributed by atoms with van der Waals surface area (Å²) in [5.74, 6) is 0. The van der Waals surface area contributed by atoms with Crippen molar-refractivity contribution < 1.29 is 9.47 Å². The lowest BCUT2D eigenvalue weighted by Gasteiger charge is -2.05. The van der Waals surface area contributed by atoms with Crippen LogP contribution in [0.3, 0.4) is 0 Å². The lowest BCUT2D eigenvalue weighted by Crippen LogP contribution is -1.92. The van der Waals surface area contributed by atoms with E-state index in [1.165, 1.54) is 0 Å². The van der Waals surface area contributed by atoms with Crippen LogP contribution in [0.25, 0.3) is 11.4 Å². The summed E-state index contributed by atoms with van der Waals surface area (Å²) in [5.41, 5.74) is 4.40. The predicted octanol–water partition coefficient (Wildman–Crippen LogP) is 3.42. The number of hydrogen-bond donors (Lipinski definition) is 2. The Morgan fingerprint density at radius 2 is 1.22 bits per heavy atom. The molecular weight excluding hydrogens is 228 g/mol. The number of methoxy groups -OCH3 is 2. The highest BCUT2D eigenvalue weighted by molar-refractivity contribution is 5.57. The monoisotopic (exact) mass is 248 g/mol. The second-order valence-electron chi connectivity index (χ2n) is 4.45. The van der Waals surface area contributed by atoms with Crippen LogP contribution >= 0.6 is 0 Å². The van der Waals surface area contributed by atoms with E-state index in [0.29, 0.717) is 0 Å². The number of hydrogen-bond acceptors (Lipinski definition) is 2.